The number of benzene rings is 1. The van der Waals surface area contributed by atoms with Gasteiger partial charge in [0.15, 0.2) is 11.6 Å². The lowest BCUT2D eigenvalue weighted by molar-refractivity contribution is 0.395. The van der Waals surface area contributed by atoms with Crippen LogP contribution in [0.2, 0.25) is 0 Å². The van der Waals surface area contributed by atoms with Gasteiger partial charge in [0, 0.05) is 23.9 Å². The van der Waals surface area contributed by atoms with E-state index in [0.29, 0.717) is 23.1 Å². The van der Waals surface area contributed by atoms with E-state index in [4.69, 9.17) is 15.3 Å². The van der Waals surface area contributed by atoms with Crippen LogP contribution in [0.15, 0.2) is 30.6 Å². The van der Waals surface area contributed by atoms with Crippen LogP contribution in [-0.4, -0.2) is 24.2 Å². The van der Waals surface area contributed by atoms with Gasteiger partial charge < -0.3 is 20.2 Å². The van der Waals surface area contributed by atoms with E-state index in [1.54, 1.807) is 26.5 Å². The highest BCUT2D eigenvalue weighted by atomic mass is 16.5. The molecule has 0 unspecified atom stereocenters. The van der Waals surface area contributed by atoms with Gasteiger partial charge in [-0.05, 0) is 0 Å². The van der Waals surface area contributed by atoms with E-state index in [2.05, 4.69) is 20.7 Å². The summed E-state index contributed by atoms with van der Waals surface area (Å²) in [6, 6.07) is 5.44. The van der Waals surface area contributed by atoms with E-state index < -0.39 is 0 Å². The van der Waals surface area contributed by atoms with Crippen LogP contribution in [0.1, 0.15) is 0 Å². The maximum absolute atomic E-state index is 5.28. The molecule has 2 rings (SSSR count). The number of nitrogens with two attached hydrogens (primary N) is 1. The fraction of sp³-hybridized carbons (Fsp3) is 0.167. The molecule has 0 aliphatic carbocycles. The summed E-state index contributed by atoms with van der Waals surface area (Å²) in [5.74, 6) is 7.68. The number of anilines is 3. The van der Waals surface area contributed by atoms with Gasteiger partial charge in [0.05, 0.1) is 26.6 Å². The molecule has 0 saturated heterocycles. The first-order valence-corrected chi connectivity index (χ1v) is 5.54. The molecule has 0 amide bonds. The first-order valence-electron chi connectivity index (χ1n) is 5.54. The zero-order valence-corrected chi connectivity index (χ0v) is 10.7. The summed E-state index contributed by atoms with van der Waals surface area (Å²) in [6.45, 7) is 0. The highest BCUT2D eigenvalue weighted by molar-refractivity contribution is 5.61. The summed E-state index contributed by atoms with van der Waals surface area (Å²) >= 11 is 0. The highest BCUT2D eigenvalue weighted by Gasteiger charge is 2.03. The minimum atomic E-state index is 0.472. The molecule has 4 N–H and O–H groups in total. The van der Waals surface area contributed by atoms with Crippen molar-refractivity contribution >= 4 is 17.3 Å². The van der Waals surface area contributed by atoms with Crippen LogP contribution in [-0.2, 0) is 0 Å². The van der Waals surface area contributed by atoms with Gasteiger partial charge in [-0.1, -0.05) is 0 Å². The Hall–Kier alpha value is -2.54. The second-order valence-corrected chi connectivity index (χ2v) is 3.66. The van der Waals surface area contributed by atoms with Gasteiger partial charge in [0.25, 0.3) is 0 Å². The molecule has 0 radical (unpaired) electrons. The van der Waals surface area contributed by atoms with E-state index in [1.165, 1.54) is 6.20 Å². The first-order chi connectivity index (χ1) is 9.25. The van der Waals surface area contributed by atoms with Gasteiger partial charge in [-0.3, -0.25) is 4.98 Å². The molecule has 7 heteroatoms. The third-order valence-electron chi connectivity index (χ3n) is 2.41. The van der Waals surface area contributed by atoms with Crippen LogP contribution in [0.25, 0.3) is 0 Å². The predicted molar refractivity (Wildman–Crippen MR) is 72.7 cm³/mol. The molecule has 0 bridgehead atoms. The Morgan fingerprint density at radius 3 is 2.21 bits per heavy atom. The molecule has 0 spiro atoms. The van der Waals surface area contributed by atoms with Crippen LogP contribution in [0.3, 0.4) is 0 Å². The molecule has 0 fully saturated rings. The zero-order valence-electron chi connectivity index (χ0n) is 10.7. The topological polar surface area (TPSA) is 94.3 Å². The Labute approximate surface area is 110 Å². The Morgan fingerprint density at radius 2 is 1.63 bits per heavy atom. The van der Waals surface area contributed by atoms with Crippen LogP contribution in [0, 0.1) is 0 Å². The number of nitrogens with one attached hydrogen (secondary N) is 2. The van der Waals surface area contributed by atoms with Gasteiger partial charge in [0.1, 0.15) is 11.5 Å². The van der Waals surface area contributed by atoms with Gasteiger partial charge in [-0.15, -0.1) is 0 Å². The van der Waals surface area contributed by atoms with Crippen molar-refractivity contribution in [2.24, 2.45) is 5.84 Å². The Morgan fingerprint density at radius 1 is 1.00 bits per heavy atom. The van der Waals surface area contributed by atoms with Crippen molar-refractivity contribution in [2.75, 3.05) is 25.0 Å². The molecule has 0 aliphatic heterocycles. The number of hydrogen-bond acceptors (Lipinski definition) is 7. The lowest BCUT2D eigenvalue weighted by Crippen LogP contribution is -2.09. The Balaban J connectivity index is 2.26. The van der Waals surface area contributed by atoms with Gasteiger partial charge in [0.2, 0.25) is 0 Å². The van der Waals surface area contributed by atoms with E-state index >= 15 is 0 Å². The number of aromatic nitrogens is 2. The number of nitrogens with zero attached hydrogens (tertiary/aromatic N) is 2. The fourth-order valence-electron chi connectivity index (χ4n) is 1.52. The smallest absolute Gasteiger partial charge is 0.160 e. The molecule has 1 aromatic carbocycles. The number of ether oxygens (including phenoxy) is 2. The molecule has 7 nitrogen and oxygen atoms in total. The van der Waals surface area contributed by atoms with Crippen molar-refractivity contribution in [2.45, 2.75) is 0 Å². The first kappa shape index (κ1) is 12.9. The van der Waals surface area contributed by atoms with Crippen molar-refractivity contribution in [3.63, 3.8) is 0 Å². The molecule has 100 valence electrons. The Kier molecular flexibility index (Phi) is 3.99. The number of methoxy groups -OCH3 is 2. The molecule has 0 saturated carbocycles. The molecule has 19 heavy (non-hydrogen) atoms. The van der Waals surface area contributed by atoms with Crippen LogP contribution in [0.4, 0.5) is 17.3 Å². The zero-order chi connectivity index (χ0) is 13.7. The van der Waals surface area contributed by atoms with Crippen molar-refractivity contribution in [3.05, 3.63) is 30.6 Å². The quantitative estimate of drug-likeness (QED) is 0.555. The molecule has 2 aromatic rings. The van der Waals surface area contributed by atoms with Crippen molar-refractivity contribution in [3.8, 4) is 11.5 Å². The normalized spacial score (nSPS) is 9.84. The van der Waals surface area contributed by atoms with Crippen molar-refractivity contribution in [1.82, 2.24) is 9.97 Å². The SMILES string of the molecule is COc1cc(Nc2cncc(NN)n2)cc(OC)c1. The van der Waals surface area contributed by atoms with Crippen molar-refractivity contribution < 1.29 is 9.47 Å². The lowest BCUT2D eigenvalue weighted by atomic mass is 10.2. The van der Waals surface area contributed by atoms with Crippen LogP contribution < -0.4 is 26.1 Å². The maximum atomic E-state index is 5.28. The van der Waals surface area contributed by atoms with Crippen molar-refractivity contribution in [1.29, 1.82) is 0 Å². The minimum absolute atomic E-state index is 0.472. The monoisotopic (exact) mass is 261 g/mol. The summed E-state index contributed by atoms with van der Waals surface area (Å²) in [6.07, 6.45) is 3.12. The molecule has 0 atom stereocenters. The van der Waals surface area contributed by atoms with Gasteiger partial charge >= 0.3 is 0 Å². The summed E-state index contributed by atoms with van der Waals surface area (Å²) in [4.78, 5) is 8.21. The maximum Gasteiger partial charge on any atom is 0.160 e. The largest absolute Gasteiger partial charge is 0.497 e. The summed E-state index contributed by atoms with van der Waals surface area (Å²) in [7, 11) is 3.19. The lowest BCUT2D eigenvalue weighted by Gasteiger charge is -2.10. The van der Waals surface area contributed by atoms with E-state index in [1.807, 2.05) is 12.1 Å². The molecule has 1 aromatic heterocycles. The van der Waals surface area contributed by atoms with E-state index in [-0.39, 0.29) is 0 Å². The standard InChI is InChI=1S/C12H15N5O2/c1-18-9-3-8(4-10(5-9)19-2)15-11-6-14-7-12(16-11)17-13/h3-7H,13H2,1-2H3,(H2,15,16,17). The fourth-order valence-corrected chi connectivity index (χ4v) is 1.52. The van der Waals surface area contributed by atoms with Gasteiger partial charge in [-0.25, -0.2) is 10.8 Å². The minimum Gasteiger partial charge on any atom is -0.497 e. The van der Waals surface area contributed by atoms with E-state index in [9.17, 15) is 0 Å². The number of hydrogen-bond donors (Lipinski definition) is 3. The van der Waals surface area contributed by atoms with Gasteiger partial charge in [-0.2, -0.15) is 0 Å². The highest BCUT2D eigenvalue weighted by Crippen LogP contribution is 2.27. The number of nitrogen functional groups attached to an aromatic ring is 1. The summed E-state index contributed by atoms with van der Waals surface area (Å²) in [5, 5.41) is 3.10. The Bertz CT molecular complexity index is 539. The molecule has 0 aliphatic rings. The van der Waals surface area contributed by atoms with Crippen LogP contribution in [0.5, 0.6) is 11.5 Å². The summed E-state index contributed by atoms with van der Waals surface area (Å²) in [5.41, 5.74) is 3.21. The second-order valence-electron chi connectivity index (χ2n) is 3.66. The summed E-state index contributed by atoms with van der Waals surface area (Å²) < 4.78 is 10.4. The average Bonchev–Trinajstić information content (AvgIpc) is 2.47. The predicted octanol–water partition coefficient (Wildman–Crippen LogP) is 1.52. The average molecular weight is 261 g/mol. The van der Waals surface area contributed by atoms with Crippen LogP contribution >= 0.6 is 0 Å². The molecular weight excluding hydrogens is 246 g/mol. The third-order valence-corrected chi connectivity index (χ3v) is 2.41. The molecule has 1 heterocycles. The number of hydrazine groups is 1. The molecular formula is C12H15N5O2. The number of rotatable bonds is 5. The second kappa shape index (κ2) is 5.87. The van der Waals surface area contributed by atoms with E-state index in [0.717, 1.165) is 5.69 Å². The third kappa shape index (κ3) is 3.23.